The van der Waals surface area contributed by atoms with Gasteiger partial charge >= 0.3 is 0 Å². The predicted molar refractivity (Wildman–Crippen MR) is 122 cm³/mol. The number of hydrogen-bond donors (Lipinski definition) is 1. The third-order valence-corrected chi connectivity index (χ3v) is 3.22. The standard InChI is InChI=1S/C12H15NO.2C3H8.2C2H6.CH5N/c1-9-10(2)13(7-8-14)12-6-4-3-5-11(9)12;2*1-3-2;3*1-2/h3-6,8-10H,7H2,1-2H3;2*3H2,1-2H3;2*1-2H3;2H2,1H3. The van der Waals surface area contributed by atoms with Crippen molar-refractivity contribution in [3.63, 3.8) is 0 Å². The van der Waals surface area contributed by atoms with Gasteiger partial charge in [0.05, 0.1) is 6.54 Å². The van der Waals surface area contributed by atoms with E-state index in [9.17, 15) is 4.79 Å². The quantitative estimate of drug-likeness (QED) is 0.594. The minimum atomic E-state index is 0.428. The van der Waals surface area contributed by atoms with Crippen LogP contribution in [-0.4, -0.2) is 25.9 Å². The van der Waals surface area contributed by atoms with Gasteiger partial charge in [-0.1, -0.05) is 93.4 Å². The van der Waals surface area contributed by atoms with Gasteiger partial charge in [0.1, 0.15) is 6.29 Å². The summed E-state index contributed by atoms with van der Waals surface area (Å²) >= 11 is 0. The molecule has 0 aromatic heterocycles. The van der Waals surface area contributed by atoms with Crippen molar-refractivity contribution in [2.45, 2.75) is 94.0 Å². The van der Waals surface area contributed by atoms with Crippen LogP contribution in [0.15, 0.2) is 24.3 Å². The van der Waals surface area contributed by atoms with Gasteiger partial charge in [0.2, 0.25) is 0 Å². The number of rotatable bonds is 2. The summed E-state index contributed by atoms with van der Waals surface area (Å²) in [6.45, 7) is 21.4. The van der Waals surface area contributed by atoms with E-state index in [1.807, 2.05) is 33.8 Å². The van der Waals surface area contributed by atoms with E-state index in [0.717, 1.165) is 6.29 Å². The van der Waals surface area contributed by atoms with E-state index >= 15 is 0 Å². The number of carbonyl (C=O) groups is 1. The Balaban J connectivity index is -0.000000170. The molecule has 156 valence electrons. The fourth-order valence-electron chi connectivity index (χ4n) is 2.23. The van der Waals surface area contributed by atoms with Crippen LogP contribution in [0.4, 0.5) is 5.69 Å². The summed E-state index contributed by atoms with van der Waals surface area (Å²) in [5.41, 5.74) is 7.08. The van der Waals surface area contributed by atoms with Crippen molar-refractivity contribution in [1.82, 2.24) is 0 Å². The van der Waals surface area contributed by atoms with E-state index in [-0.39, 0.29) is 0 Å². The van der Waals surface area contributed by atoms with E-state index in [0.29, 0.717) is 18.5 Å². The number of para-hydroxylation sites is 1. The summed E-state index contributed by atoms with van der Waals surface area (Å²) in [6.07, 6.45) is 3.48. The van der Waals surface area contributed by atoms with Gasteiger partial charge < -0.3 is 15.4 Å². The van der Waals surface area contributed by atoms with Crippen LogP contribution in [0, 0.1) is 0 Å². The summed E-state index contributed by atoms with van der Waals surface area (Å²) < 4.78 is 0. The lowest BCUT2D eigenvalue weighted by Gasteiger charge is -2.23. The zero-order chi connectivity index (χ0) is 21.5. The van der Waals surface area contributed by atoms with Crippen LogP contribution in [-0.2, 0) is 4.79 Å². The highest BCUT2D eigenvalue weighted by Gasteiger charge is 2.31. The second kappa shape index (κ2) is 25.9. The lowest BCUT2D eigenvalue weighted by molar-refractivity contribution is -0.106. The molecule has 0 amide bonds. The van der Waals surface area contributed by atoms with Gasteiger partial charge in [-0.15, -0.1) is 0 Å². The summed E-state index contributed by atoms with van der Waals surface area (Å²) in [5.74, 6) is 0.520. The monoisotopic (exact) mass is 368 g/mol. The number of nitrogens with two attached hydrogens (primary N) is 1. The highest BCUT2D eigenvalue weighted by atomic mass is 16.1. The Labute approximate surface area is 165 Å². The summed E-state index contributed by atoms with van der Waals surface area (Å²) in [4.78, 5) is 12.8. The molecule has 2 atom stereocenters. The molecule has 0 aliphatic carbocycles. The first-order valence-corrected chi connectivity index (χ1v) is 10.5. The first-order valence-electron chi connectivity index (χ1n) is 10.5. The van der Waals surface area contributed by atoms with Crippen molar-refractivity contribution in [1.29, 1.82) is 0 Å². The topological polar surface area (TPSA) is 46.3 Å². The van der Waals surface area contributed by atoms with Crippen molar-refractivity contribution in [3.05, 3.63) is 29.8 Å². The van der Waals surface area contributed by atoms with E-state index in [1.165, 1.54) is 31.1 Å². The molecule has 3 heteroatoms. The lowest BCUT2D eigenvalue weighted by atomic mass is 9.99. The minimum absolute atomic E-state index is 0.428. The van der Waals surface area contributed by atoms with Gasteiger partial charge in [-0.2, -0.15) is 0 Å². The Kier molecular flexibility index (Phi) is 32.2. The third kappa shape index (κ3) is 12.9. The Bertz CT molecular complexity index is 378. The Morgan fingerprint density at radius 2 is 1.31 bits per heavy atom. The molecule has 1 aliphatic heterocycles. The normalized spacial score (nSPS) is 15.5. The zero-order valence-electron chi connectivity index (χ0n) is 19.6. The van der Waals surface area contributed by atoms with E-state index in [1.54, 1.807) is 0 Å². The van der Waals surface area contributed by atoms with Gasteiger partial charge in [0, 0.05) is 17.6 Å². The number of fused-ring (bicyclic) bond motifs is 1. The molecule has 2 unspecified atom stereocenters. The van der Waals surface area contributed by atoms with Crippen LogP contribution in [0.2, 0.25) is 0 Å². The average Bonchev–Trinajstić information content (AvgIpc) is 2.94. The fourth-order valence-corrected chi connectivity index (χ4v) is 2.23. The second-order valence-electron chi connectivity index (χ2n) is 5.32. The maximum absolute atomic E-state index is 10.6. The molecule has 2 rings (SSSR count). The van der Waals surface area contributed by atoms with Gasteiger partial charge in [-0.3, -0.25) is 0 Å². The highest BCUT2D eigenvalue weighted by molar-refractivity contribution is 5.68. The zero-order valence-corrected chi connectivity index (χ0v) is 19.6. The first-order chi connectivity index (χ1) is 12.6. The smallest absolute Gasteiger partial charge is 0.139 e. The van der Waals surface area contributed by atoms with Crippen LogP contribution >= 0.6 is 0 Å². The molecule has 1 aromatic rings. The van der Waals surface area contributed by atoms with Crippen LogP contribution in [0.1, 0.15) is 93.6 Å². The van der Waals surface area contributed by atoms with E-state index in [4.69, 9.17) is 0 Å². The number of hydrogen-bond acceptors (Lipinski definition) is 3. The number of benzene rings is 1. The number of anilines is 1. The summed E-state index contributed by atoms with van der Waals surface area (Å²) in [5, 5.41) is 0. The van der Waals surface area contributed by atoms with Crippen molar-refractivity contribution < 1.29 is 4.79 Å². The molecule has 0 bridgehead atoms. The van der Waals surface area contributed by atoms with Crippen molar-refractivity contribution in [3.8, 4) is 0 Å². The molecule has 0 fully saturated rings. The van der Waals surface area contributed by atoms with Gasteiger partial charge in [0.25, 0.3) is 0 Å². The van der Waals surface area contributed by atoms with E-state index in [2.05, 4.69) is 70.4 Å². The molecule has 1 heterocycles. The number of aldehydes is 1. The third-order valence-electron chi connectivity index (χ3n) is 3.22. The van der Waals surface area contributed by atoms with E-state index < -0.39 is 0 Å². The molecular formula is C23H48N2O. The maximum atomic E-state index is 10.6. The predicted octanol–water partition coefficient (Wildman–Crippen LogP) is 6.66. The second-order valence-corrected chi connectivity index (χ2v) is 5.32. The molecule has 0 saturated heterocycles. The first kappa shape index (κ1) is 32.3. The highest BCUT2D eigenvalue weighted by Crippen LogP contribution is 2.39. The molecule has 0 saturated carbocycles. The number of carbonyl (C=O) groups excluding carboxylic acids is 1. The van der Waals surface area contributed by atoms with Crippen molar-refractivity contribution >= 4 is 12.0 Å². The van der Waals surface area contributed by atoms with Crippen LogP contribution in [0.25, 0.3) is 0 Å². The van der Waals surface area contributed by atoms with Gasteiger partial charge in [-0.05, 0) is 25.6 Å². The van der Waals surface area contributed by atoms with Crippen LogP contribution in [0.3, 0.4) is 0 Å². The molecule has 2 N–H and O–H groups in total. The maximum Gasteiger partial charge on any atom is 0.139 e. The van der Waals surface area contributed by atoms with Gasteiger partial charge in [0.15, 0.2) is 0 Å². The van der Waals surface area contributed by atoms with Crippen molar-refractivity contribution in [2.24, 2.45) is 5.73 Å². The summed E-state index contributed by atoms with van der Waals surface area (Å²) in [7, 11) is 1.50. The van der Waals surface area contributed by atoms with Crippen LogP contribution < -0.4 is 10.6 Å². The molecule has 0 spiro atoms. The molecule has 1 aliphatic rings. The Hall–Kier alpha value is -1.35. The minimum Gasteiger partial charge on any atom is -0.361 e. The summed E-state index contributed by atoms with van der Waals surface area (Å²) in [6, 6.07) is 8.77. The lowest BCUT2D eigenvalue weighted by Crippen LogP contribution is -2.32. The molecular weight excluding hydrogens is 320 g/mol. The molecule has 3 nitrogen and oxygen atoms in total. The molecule has 1 aromatic carbocycles. The number of nitrogens with zero attached hydrogens (tertiary/aromatic N) is 1. The Morgan fingerprint density at radius 3 is 1.69 bits per heavy atom. The Morgan fingerprint density at radius 1 is 0.923 bits per heavy atom. The van der Waals surface area contributed by atoms with Crippen LogP contribution in [0.5, 0.6) is 0 Å². The SMILES string of the molecule is CC.CC.CC1c2ccccc2N(CC=O)C1C.CCC.CCC.CN. The largest absolute Gasteiger partial charge is 0.361 e. The molecule has 26 heavy (non-hydrogen) atoms. The average molecular weight is 369 g/mol. The fraction of sp³-hybridized carbons (Fsp3) is 0.696. The van der Waals surface area contributed by atoms with Gasteiger partial charge in [-0.25, -0.2) is 0 Å². The molecule has 0 radical (unpaired) electrons. The van der Waals surface area contributed by atoms with Crippen molar-refractivity contribution in [2.75, 3.05) is 18.5 Å².